The molecule has 3 heteroatoms. The second-order valence-corrected chi connectivity index (χ2v) is 6.73. The fourth-order valence-electron chi connectivity index (χ4n) is 2.97. The molecule has 0 radical (unpaired) electrons. The molecular weight excluding hydrogens is 240 g/mol. The van der Waals surface area contributed by atoms with Crippen molar-refractivity contribution < 1.29 is 0 Å². The SMILES string of the molecule is CCc1ccc(CN2CCC(NC)C(C)C2C)s1. The second kappa shape index (κ2) is 6.18. The van der Waals surface area contributed by atoms with Gasteiger partial charge in [-0.2, -0.15) is 0 Å². The Labute approximate surface area is 115 Å². The maximum absolute atomic E-state index is 3.46. The molecule has 3 unspecified atom stereocenters. The average molecular weight is 266 g/mol. The van der Waals surface area contributed by atoms with Gasteiger partial charge in [-0.05, 0) is 44.9 Å². The monoisotopic (exact) mass is 266 g/mol. The maximum atomic E-state index is 3.46. The predicted octanol–water partition coefficient (Wildman–Crippen LogP) is 3.13. The molecule has 1 aliphatic rings. The smallest absolute Gasteiger partial charge is 0.0330 e. The summed E-state index contributed by atoms with van der Waals surface area (Å²) < 4.78 is 0. The molecule has 1 N–H and O–H groups in total. The normalized spacial score (nSPS) is 29.7. The highest BCUT2D eigenvalue weighted by Gasteiger charge is 2.31. The van der Waals surface area contributed by atoms with E-state index >= 15 is 0 Å². The van der Waals surface area contributed by atoms with Crippen molar-refractivity contribution in [1.82, 2.24) is 10.2 Å². The fourth-order valence-corrected chi connectivity index (χ4v) is 3.95. The third-order valence-corrected chi connectivity index (χ3v) is 5.71. The third kappa shape index (κ3) is 2.95. The molecule has 0 bridgehead atoms. The fraction of sp³-hybridized carbons (Fsp3) is 0.733. The van der Waals surface area contributed by atoms with Crippen LogP contribution in [0.25, 0.3) is 0 Å². The van der Waals surface area contributed by atoms with E-state index in [1.807, 2.05) is 11.3 Å². The Balaban J connectivity index is 1.97. The van der Waals surface area contributed by atoms with Crippen molar-refractivity contribution in [3.63, 3.8) is 0 Å². The van der Waals surface area contributed by atoms with Crippen LogP contribution in [0.4, 0.5) is 0 Å². The summed E-state index contributed by atoms with van der Waals surface area (Å²) in [7, 11) is 2.09. The van der Waals surface area contributed by atoms with Crippen LogP contribution in [-0.4, -0.2) is 30.6 Å². The standard InChI is InChI=1S/C15H26N2S/c1-5-13-6-7-14(18-13)10-17-9-8-15(16-4)11(2)12(17)3/h6-7,11-12,15-16H,5,8-10H2,1-4H3. The Morgan fingerprint density at radius 2 is 2.06 bits per heavy atom. The molecule has 102 valence electrons. The zero-order valence-electron chi connectivity index (χ0n) is 12.1. The Morgan fingerprint density at radius 1 is 1.33 bits per heavy atom. The highest BCUT2D eigenvalue weighted by molar-refractivity contribution is 7.11. The number of likely N-dealkylation sites (tertiary alicyclic amines) is 1. The Kier molecular flexibility index (Phi) is 4.82. The minimum atomic E-state index is 0.670. The van der Waals surface area contributed by atoms with Crippen molar-refractivity contribution in [3.05, 3.63) is 21.9 Å². The summed E-state index contributed by atoms with van der Waals surface area (Å²) in [5, 5.41) is 3.46. The van der Waals surface area contributed by atoms with E-state index in [4.69, 9.17) is 0 Å². The molecule has 0 spiro atoms. The van der Waals surface area contributed by atoms with Crippen LogP contribution in [0, 0.1) is 5.92 Å². The van der Waals surface area contributed by atoms with Gasteiger partial charge < -0.3 is 5.32 Å². The van der Waals surface area contributed by atoms with Gasteiger partial charge in [-0.3, -0.25) is 4.90 Å². The Hall–Kier alpha value is -0.380. The number of nitrogens with zero attached hydrogens (tertiary/aromatic N) is 1. The molecule has 1 fully saturated rings. The van der Waals surface area contributed by atoms with E-state index in [1.165, 1.54) is 29.1 Å². The summed E-state index contributed by atoms with van der Waals surface area (Å²) >= 11 is 1.98. The van der Waals surface area contributed by atoms with Crippen molar-refractivity contribution in [2.45, 2.75) is 52.2 Å². The molecule has 3 atom stereocenters. The van der Waals surface area contributed by atoms with Crippen LogP contribution in [0.2, 0.25) is 0 Å². The lowest BCUT2D eigenvalue weighted by Gasteiger charge is -2.42. The van der Waals surface area contributed by atoms with E-state index in [9.17, 15) is 0 Å². The van der Waals surface area contributed by atoms with Gasteiger partial charge >= 0.3 is 0 Å². The van der Waals surface area contributed by atoms with Crippen LogP contribution in [0.5, 0.6) is 0 Å². The molecular formula is C15H26N2S. The highest BCUT2D eigenvalue weighted by atomic mass is 32.1. The highest BCUT2D eigenvalue weighted by Crippen LogP contribution is 2.27. The van der Waals surface area contributed by atoms with Crippen LogP contribution in [0.15, 0.2) is 12.1 Å². The van der Waals surface area contributed by atoms with E-state index in [0.29, 0.717) is 12.1 Å². The number of hydrogen-bond acceptors (Lipinski definition) is 3. The Morgan fingerprint density at radius 3 is 2.67 bits per heavy atom. The number of thiophene rings is 1. The topological polar surface area (TPSA) is 15.3 Å². The van der Waals surface area contributed by atoms with Gasteiger partial charge in [-0.25, -0.2) is 0 Å². The first-order valence-electron chi connectivity index (χ1n) is 7.14. The number of aryl methyl sites for hydroxylation is 1. The van der Waals surface area contributed by atoms with Gasteiger partial charge in [-0.15, -0.1) is 11.3 Å². The van der Waals surface area contributed by atoms with Gasteiger partial charge in [0, 0.05) is 34.9 Å². The second-order valence-electron chi connectivity index (χ2n) is 5.48. The number of nitrogens with one attached hydrogen (secondary N) is 1. The van der Waals surface area contributed by atoms with Crippen molar-refractivity contribution in [3.8, 4) is 0 Å². The quantitative estimate of drug-likeness (QED) is 0.901. The van der Waals surface area contributed by atoms with Crippen LogP contribution >= 0.6 is 11.3 Å². The lowest BCUT2D eigenvalue weighted by atomic mass is 9.87. The van der Waals surface area contributed by atoms with E-state index in [1.54, 1.807) is 0 Å². The van der Waals surface area contributed by atoms with Crippen LogP contribution < -0.4 is 5.32 Å². The number of hydrogen-bond donors (Lipinski definition) is 1. The summed E-state index contributed by atoms with van der Waals surface area (Å²) in [5.74, 6) is 0.731. The largest absolute Gasteiger partial charge is 0.317 e. The summed E-state index contributed by atoms with van der Waals surface area (Å²) in [6.45, 7) is 9.34. The van der Waals surface area contributed by atoms with Crippen molar-refractivity contribution in [2.24, 2.45) is 5.92 Å². The average Bonchev–Trinajstić information content (AvgIpc) is 2.83. The van der Waals surface area contributed by atoms with Crippen LogP contribution in [-0.2, 0) is 13.0 Å². The first kappa shape index (κ1) is 14.0. The number of rotatable bonds is 4. The maximum Gasteiger partial charge on any atom is 0.0330 e. The van der Waals surface area contributed by atoms with Gasteiger partial charge in [-0.1, -0.05) is 13.8 Å². The van der Waals surface area contributed by atoms with E-state index < -0.39 is 0 Å². The van der Waals surface area contributed by atoms with Crippen molar-refractivity contribution in [1.29, 1.82) is 0 Å². The van der Waals surface area contributed by atoms with Gasteiger partial charge in [0.15, 0.2) is 0 Å². The third-order valence-electron chi connectivity index (χ3n) is 4.49. The van der Waals surface area contributed by atoms with Crippen LogP contribution in [0.1, 0.15) is 36.9 Å². The lowest BCUT2D eigenvalue weighted by molar-refractivity contribution is 0.0820. The zero-order chi connectivity index (χ0) is 13.1. The van der Waals surface area contributed by atoms with Crippen LogP contribution in [0.3, 0.4) is 0 Å². The molecule has 0 aromatic carbocycles. The minimum absolute atomic E-state index is 0.670. The lowest BCUT2D eigenvalue weighted by Crippen LogP contribution is -2.52. The molecule has 1 aromatic heterocycles. The first-order valence-corrected chi connectivity index (χ1v) is 7.96. The van der Waals surface area contributed by atoms with E-state index in [-0.39, 0.29) is 0 Å². The molecule has 2 rings (SSSR count). The summed E-state index contributed by atoms with van der Waals surface area (Å²) in [6.07, 6.45) is 2.44. The molecule has 0 amide bonds. The van der Waals surface area contributed by atoms with Gasteiger partial charge in [0.2, 0.25) is 0 Å². The molecule has 1 saturated heterocycles. The first-order chi connectivity index (χ1) is 8.65. The summed E-state index contributed by atoms with van der Waals surface area (Å²) in [5.41, 5.74) is 0. The van der Waals surface area contributed by atoms with Gasteiger partial charge in [0.05, 0.1) is 0 Å². The molecule has 0 saturated carbocycles. The van der Waals surface area contributed by atoms with E-state index in [0.717, 1.165) is 12.5 Å². The predicted molar refractivity (Wildman–Crippen MR) is 80.2 cm³/mol. The minimum Gasteiger partial charge on any atom is -0.317 e. The summed E-state index contributed by atoms with van der Waals surface area (Å²) in [6, 6.07) is 5.95. The molecule has 0 aliphatic carbocycles. The van der Waals surface area contributed by atoms with E-state index in [2.05, 4.69) is 50.2 Å². The zero-order valence-corrected chi connectivity index (χ0v) is 12.9. The molecule has 18 heavy (non-hydrogen) atoms. The van der Waals surface area contributed by atoms with Gasteiger partial charge in [0.1, 0.15) is 0 Å². The molecule has 1 aromatic rings. The molecule has 1 aliphatic heterocycles. The Bertz CT molecular complexity index is 374. The number of piperidine rings is 1. The summed E-state index contributed by atoms with van der Waals surface area (Å²) in [4.78, 5) is 5.67. The molecule has 2 nitrogen and oxygen atoms in total. The van der Waals surface area contributed by atoms with Gasteiger partial charge in [0.25, 0.3) is 0 Å². The molecule has 2 heterocycles. The van der Waals surface area contributed by atoms with Crippen molar-refractivity contribution >= 4 is 11.3 Å². The van der Waals surface area contributed by atoms with Crippen molar-refractivity contribution in [2.75, 3.05) is 13.6 Å².